The second-order valence-electron chi connectivity index (χ2n) is 13.5. The van der Waals surface area contributed by atoms with Gasteiger partial charge in [0.05, 0.1) is 5.69 Å². The zero-order valence-corrected chi connectivity index (χ0v) is 30.6. The van der Waals surface area contributed by atoms with Crippen LogP contribution in [0.2, 0.25) is 0 Å². The molecule has 0 saturated carbocycles. The maximum atomic E-state index is 6.52. The van der Waals surface area contributed by atoms with E-state index in [1.54, 1.807) is 0 Å². The molecular weight excluding hydrogens is 697 g/mol. The largest absolute Gasteiger partial charge is 0.436 e. The Labute approximate surface area is 319 Å². The van der Waals surface area contributed by atoms with E-state index in [2.05, 4.69) is 157 Å². The summed E-state index contributed by atoms with van der Waals surface area (Å²) in [4.78, 5) is 7.48. The van der Waals surface area contributed by atoms with Crippen molar-refractivity contribution in [2.75, 3.05) is 4.90 Å². The topological polar surface area (TPSA) is 29.3 Å². The Hall–Kier alpha value is -6.53. The van der Waals surface area contributed by atoms with Crippen molar-refractivity contribution in [1.82, 2.24) is 4.98 Å². The molecule has 0 radical (unpaired) electrons. The summed E-state index contributed by atoms with van der Waals surface area (Å²) in [5.74, 6) is 0.637. The Balaban J connectivity index is 1.09. The molecule has 5 heteroatoms. The highest BCUT2D eigenvalue weighted by molar-refractivity contribution is 7.26. The molecule has 11 rings (SSSR count). The third-order valence-corrected chi connectivity index (χ3v) is 12.7. The van der Waals surface area contributed by atoms with E-state index in [1.807, 2.05) is 53.0 Å². The fraction of sp³-hybridized carbons (Fsp3) is 0. The molecule has 0 fully saturated rings. The molecule has 54 heavy (non-hydrogen) atoms. The summed E-state index contributed by atoms with van der Waals surface area (Å²) in [7, 11) is 0. The number of fused-ring (bicyclic) bond motifs is 8. The van der Waals surface area contributed by atoms with Gasteiger partial charge in [-0.25, -0.2) is 4.98 Å². The van der Waals surface area contributed by atoms with Gasteiger partial charge in [0.1, 0.15) is 5.52 Å². The number of thiophene rings is 2. The summed E-state index contributed by atoms with van der Waals surface area (Å²) in [6.07, 6.45) is 0. The van der Waals surface area contributed by atoms with Crippen LogP contribution in [0.1, 0.15) is 0 Å². The molecule has 3 heterocycles. The molecule has 11 aromatic rings. The highest BCUT2D eigenvalue weighted by Gasteiger charge is 2.22. The van der Waals surface area contributed by atoms with Crippen molar-refractivity contribution in [3.05, 3.63) is 182 Å². The highest BCUT2D eigenvalue weighted by Crippen LogP contribution is 2.47. The number of hydrogen-bond donors (Lipinski definition) is 0. The number of hydrogen-bond acceptors (Lipinski definition) is 5. The van der Waals surface area contributed by atoms with Gasteiger partial charge in [0, 0.05) is 68.4 Å². The average molecular weight is 727 g/mol. The van der Waals surface area contributed by atoms with Crippen LogP contribution in [-0.4, -0.2) is 4.98 Å². The first-order valence-corrected chi connectivity index (χ1v) is 19.7. The van der Waals surface area contributed by atoms with Gasteiger partial charge in [-0.3, -0.25) is 0 Å². The molecule has 0 amide bonds. The minimum Gasteiger partial charge on any atom is -0.436 e. The van der Waals surface area contributed by atoms with E-state index in [4.69, 9.17) is 9.40 Å². The monoisotopic (exact) mass is 726 g/mol. The Morgan fingerprint density at radius 2 is 1.06 bits per heavy atom. The van der Waals surface area contributed by atoms with Gasteiger partial charge in [0.25, 0.3) is 0 Å². The normalized spacial score (nSPS) is 11.7. The smallest absolute Gasteiger partial charge is 0.227 e. The van der Waals surface area contributed by atoms with Gasteiger partial charge in [0.15, 0.2) is 5.58 Å². The summed E-state index contributed by atoms with van der Waals surface area (Å²) in [5.41, 5.74) is 10.6. The van der Waals surface area contributed by atoms with Gasteiger partial charge in [-0.2, -0.15) is 0 Å². The molecule has 254 valence electrons. The lowest BCUT2D eigenvalue weighted by molar-refractivity contribution is 0.620. The van der Waals surface area contributed by atoms with Crippen molar-refractivity contribution in [3.8, 4) is 33.7 Å². The van der Waals surface area contributed by atoms with Crippen LogP contribution in [0.5, 0.6) is 0 Å². The maximum absolute atomic E-state index is 6.52. The van der Waals surface area contributed by atoms with Gasteiger partial charge in [-0.05, 0) is 71.8 Å². The molecule has 3 aromatic heterocycles. The van der Waals surface area contributed by atoms with Crippen molar-refractivity contribution < 1.29 is 4.42 Å². The van der Waals surface area contributed by atoms with E-state index in [9.17, 15) is 0 Å². The predicted octanol–water partition coefficient (Wildman–Crippen LogP) is 15.0. The zero-order valence-electron chi connectivity index (χ0n) is 28.9. The van der Waals surface area contributed by atoms with E-state index < -0.39 is 0 Å². The summed E-state index contributed by atoms with van der Waals surface area (Å²) in [6, 6.07) is 64.9. The molecule has 3 nitrogen and oxygen atoms in total. The van der Waals surface area contributed by atoms with Crippen molar-refractivity contribution in [1.29, 1.82) is 0 Å². The minimum absolute atomic E-state index is 0.637. The van der Waals surface area contributed by atoms with E-state index in [1.165, 1.54) is 46.1 Å². The number of anilines is 3. The van der Waals surface area contributed by atoms with Gasteiger partial charge in [0.2, 0.25) is 5.89 Å². The Morgan fingerprint density at radius 3 is 1.85 bits per heavy atom. The fourth-order valence-corrected chi connectivity index (χ4v) is 10.2. The third kappa shape index (κ3) is 5.05. The molecular formula is C49H30N2OS2. The van der Waals surface area contributed by atoms with Gasteiger partial charge in [-0.1, -0.05) is 121 Å². The van der Waals surface area contributed by atoms with Crippen molar-refractivity contribution >= 4 is 91.2 Å². The first kappa shape index (κ1) is 31.0. The van der Waals surface area contributed by atoms with E-state index >= 15 is 0 Å². The molecule has 0 saturated heterocycles. The van der Waals surface area contributed by atoms with Crippen LogP contribution in [-0.2, 0) is 0 Å². The summed E-state index contributed by atoms with van der Waals surface area (Å²) in [6.45, 7) is 0. The minimum atomic E-state index is 0.637. The third-order valence-electron chi connectivity index (χ3n) is 10.3. The molecule has 0 aliphatic heterocycles. The first-order valence-electron chi connectivity index (χ1n) is 18.0. The molecule has 0 atom stereocenters. The van der Waals surface area contributed by atoms with Crippen molar-refractivity contribution in [2.45, 2.75) is 0 Å². The maximum Gasteiger partial charge on any atom is 0.227 e. The number of aromatic nitrogens is 1. The Kier molecular flexibility index (Phi) is 7.22. The summed E-state index contributed by atoms with van der Waals surface area (Å²) in [5, 5.41) is 4.94. The average Bonchev–Trinajstić information content (AvgIpc) is 3.95. The molecule has 0 aliphatic rings. The van der Waals surface area contributed by atoms with Crippen LogP contribution in [0.3, 0.4) is 0 Å². The van der Waals surface area contributed by atoms with Crippen molar-refractivity contribution in [2.24, 2.45) is 0 Å². The van der Waals surface area contributed by atoms with E-state index in [0.717, 1.165) is 50.2 Å². The number of nitrogens with zero attached hydrogens (tertiary/aromatic N) is 2. The van der Waals surface area contributed by atoms with Crippen LogP contribution < -0.4 is 4.90 Å². The standard InChI is InChI=1S/C49H30N2OS2/c1-3-13-31(14-4-1)36-17-7-10-20-41(36)51(35-27-28-38-37-18-8-11-21-43(37)53-45(38)29-35)34-25-23-32(24-26-34)40-30-42-47(50-49(52-42)33-15-5-2-6-16-33)46-39-19-9-12-22-44(39)54-48(40)46/h1-30H. The van der Waals surface area contributed by atoms with Crippen LogP contribution in [0, 0.1) is 0 Å². The number of para-hydroxylation sites is 1. The number of rotatable bonds is 6. The van der Waals surface area contributed by atoms with E-state index in [-0.39, 0.29) is 0 Å². The van der Waals surface area contributed by atoms with Crippen molar-refractivity contribution in [3.63, 3.8) is 0 Å². The Morgan fingerprint density at radius 1 is 0.444 bits per heavy atom. The first-order chi connectivity index (χ1) is 26.8. The fourth-order valence-electron chi connectivity index (χ4n) is 7.80. The molecule has 0 unspecified atom stereocenters. The van der Waals surface area contributed by atoms with Gasteiger partial charge in [-0.15, -0.1) is 22.7 Å². The van der Waals surface area contributed by atoms with Crippen LogP contribution >= 0.6 is 22.7 Å². The number of benzene rings is 8. The lowest BCUT2D eigenvalue weighted by Gasteiger charge is -2.28. The molecule has 0 N–H and O–H groups in total. The highest BCUT2D eigenvalue weighted by atomic mass is 32.1. The van der Waals surface area contributed by atoms with Crippen LogP contribution in [0.15, 0.2) is 186 Å². The molecule has 0 spiro atoms. The number of oxazole rings is 1. The SMILES string of the molecule is c1ccc(-c2nc3c(cc(-c4ccc(N(c5ccc6c(c5)sc5ccccc56)c5ccccc5-c5ccccc5)cc4)c4sc5ccccc5c43)o2)cc1. The molecule has 8 aromatic carbocycles. The zero-order chi connectivity index (χ0) is 35.6. The lowest BCUT2D eigenvalue weighted by Crippen LogP contribution is -2.11. The van der Waals surface area contributed by atoms with Crippen LogP contribution in [0.4, 0.5) is 17.1 Å². The Bertz CT molecular complexity index is 3160. The molecule has 0 aliphatic carbocycles. The van der Waals surface area contributed by atoms with Gasteiger partial charge >= 0.3 is 0 Å². The van der Waals surface area contributed by atoms with E-state index in [0.29, 0.717) is 5.89 Å². The lowest BCUT2D eigenvalue weighted by atomic mass is 9.99. The summed E-state index contributed by atoms with van der Waals surface area (Å²) < 4.78 is 11.5. The second-order valence-corrected chi connectivity index (χ2v) is 15.6. The summed E-state index contributed by atoms with van der Waals surface area (Å²) >= 11 is 3.67. The second kappa shape index (κ2) is 12.6. The predicted molar refractivity (Wildman–Crippen MR) is 231 cm³/mol. The quantitative estimate of drug-likeness (QED) is 0.171. The van der Waals surface area contributed by atoms with Gasteiger partial charge < -0.3 is 9.32 Å². The van der Waals surface area contributed by atoms with Crippen LogP contribution in [0.25, 0.3) is 85.2 Å². The molecule has 0 bridgehead atoms.